The first-order valence-corrected chi connectivity index (χ1v) is 10.0. The van der Waals surface area contributed by atoms with E-state index in [-0.39, 0.29) is 11.9 Å². The van der Waals surface area contributed by atoms with Gasteiger partial charge in [0.25, 0.3) is 0 Å². The van der Waals surface area contributed by atoms with Crippen molar-refractivity contribution in [2.75, 3.05) is 13.2 Å². The SMILES string of the molecule is CCOP(=S)(OCC)Oc1nc(C(C)C)n(-c2ccccn2)n1. The van der Waals surface area contributed by atoms with Gasteiger partial charge in [-0.1, -0.05) is 19.9 Å². The van der Waals surface area contributed by atoms with Gasteiger partial charge in [0, 0.05) is 23.9 Å². The number of rotatable bonds is 8. The van der Waals surface area contributed by atoms with Gasteiger partial charge in [-0.3, -0.25) is 9.05 Å². The zero-order valence-electron chi connectivity index (χ0n) is 13.7. The summed E-state index contributed by atoms with van der Waals surface area (Å²) < 4.78 is 18.3. The zero-order chi connectivity index (χ0) is 16.9. The van der Waals surface area contributed by atoms with Gasteiger partial charge in [0.15, 0.2) is 5.82 Å². The molecule has 0 unspecified atom stereocenters. The molecule has 2 aromatic heterocycles. The molecule has 2 rings (SSSR count). The Labute approximate surface area is 141 Å². The van der Waals surface area contributed by atoms with Crippen molar-refractivity contribution in [2.45, 2.75) is 33.6 Å². The lowest BCUT2D eigenvalue weighted by Gasteiger charge is -2.18. The van der Waals surface area contributed by atoms with Crippen molar-refractivity contribution in [2.24, 2.45) is 0 Å². The second-order valence-electron chi connectivity index (χ2n) is 4.88. The predicted molar refractivity (Wildman–Crippen MR) is 91.4 cm³/mol. The first-order valence-electron chi connectivity index (χ1n) is 7.46. The Morgan fingerprint density at radius 3 is 2.43 bits per heavy atom. The van der Waals surface area contributed by atoms with Crippen LogP contribution < -0.4 is 4.52 Å². The lowest BCUT2D eigenvalue weighted by molar-refractivity contribution is 0.214. The highest BCUT2D eigenvalue weighted by Crippen LogP contribution is 2.49. The van der Waals surface area contributed by atoms with Crippen LogP contribution in [0.5, 0.6) is 6.01 Å². The third kappa shape index (κ3) is 4.57. The van der Waals surface area contributed by atoms with Gasteiger partial charge in [-0.25, -0.2) is 4.98 Å². The van der Waals surface area contributed by atoms with Crippen LogP contribution in [0.4, 0.5) is 0 Å². The van der Waals surface area contributed by atoms with Crippen LogP contribution in [-0.4, -0.2) is 33.0 Å². The van der Waals surface area contributed by atoms with E-state index in [2.05, 4.69) is 15.1 Å². The van der Waals surface area contributed by atoms with Crippen LogP contribution >= 0.6 is 6.72 Å². The molecule has 0 amide bonds. The summed E-state index contributed by atoms with van der Waals surface area (Å²) in [7, 11) is 0. The maximum absolute atomic E-state index is 5.69. The predicted octanol–water partition coefficient (Wildman–Crippen LogP) is 3.46. The lowest BCUT2D eigenvalue weighted by atomic mass is 10.2. The van der Waals surface area contributed by atoms with Gasteiger partial charge in [0.1, 0.15) is 5.82 Å². The molecule has 0 saturated carbocycles. The highest BCUT2D eigenvalue weighted by Gasteiger charge is 2.25. The fraction of sp³-hybridized carbons (Fsp3) is 0.500. The normalized spacial score (nSPS) is 11.9. The van der Waals surface area contributed by atoms with Crippen LogP contribution in [0.25, 0.3) is 5.82 Å². The molecule has 0 N–H and O–H groups in total. The average Bonchev–Trinajstić information content (AvgIpc) is 2.92. The van der Waals surface area contributed by atoms with Crippen LogP contribution in [0.3, 0.4) is 0 Å². The van der Waals surface area contributed by atoms with E-state index in [1.165, 1.54) is 0 Å². The summed E-state index contributed by atoms with van der Waals surface area (Å²) in [6.45, 7) is 5.62. The van der Waals surface area contributed by atoms with Crippen molar-refractivity contribution >= 4 is 18.5 Å². The highest BCUT2D eigenvalue weighted by atomic mass is 32.5. The Hall–Kier alpha value is -1.34. The smallest absolute Gasteiger partial charge is 0.382 e. The standard InChI is InChI=1S/C14H21N4O3PS/c1-5-19-22(23,20-6-2)21-14-16-13(11(3)4)18(17-14)12-9-7-8-10-15-12/h7-11H,5-6H2,1-4H3. The van der Waals surface area contributed by atoms with Crippen molar-refractivity contribution in [3.63, 3.8) is 0 Å². The second kappa shape index (κ2) is 7.97. The zero-order valence-corrected chi connectivity index (χ0v) is 15.4. The molecule has 0 radical (unpaired) electrons. The first-order chi connectivity index (χ1) is 11.0. The van der Waals surface area contributed by atoms with Crippen molar-refractivity contribution in [1.29, 1.82) is 0 Å². The molecule has 2 heterocycles. The van der Waals surface area contributed by atoms with E-state index in [0.29, 0.717) is 19.0 Å². The molecule has 0 aromatic carbocycles. The molecular formula is C14H21N4O3PS. The molecule has 0 aliphatic rings. The molecule has 0 fully saturated rings. The number of hydrogen-bond donors (Lipinski definition) is 0. The Balaban J connectivity index is 2.36. The van der Waals surface area contributed by atoms with Gasteiger partial charge >= 0.3 is 12.7 Å². The molecule has 0 aliphatic heterocycles. The Morgan fingerprint density at radius 2 is 1.91 bits per heavy atom. The van der Waals surface area contributed by atoms with E-state index in [0.717, 1.165) is 5.82 Å². The van der Waals surface area contributed by atoms with Gasteiger partial charge in [0.2, 0.25) is 0 Å². The summed E-state index contributed by atoms with van der Waals surface area (Å²) in [6, 6.07) is 5.73. The lowest BCUT2D eigenvalue weighted by Crippen LogP contribution is -2.06. The maximum Gasteiger partial charge on any atom is 0.382 e. The van der Waals surface area contributed by atoms with Crippen LogP contribution in [0, 0.1) is 0 Å². The Morgan fingerprint density at radius 1 is 1.22 bits per heavy atom. The summed E-state index contributed by atoms with van der Waals surface area (Å²) in [5, 5.41) is 4.37. The molecule has 0 aliphatic carbocycles. The number of nitrogens with zero attached hydrogens (tertiary/aromatic N) is 4. The summed E-state index contributed by atoms with van der Waals surface area (Å²) >= 11 is 5.36. The summed E-state index contributed by atoms with van der Waals surface area (Å²) in [5.74, 6) is 1.53. The fourth-order valence-corrected chi connectivity index (χ4v) is 3.79. The number of pyridine rings is 1. The Bertz CT molecular complexity index is 668. The third-order valence-corrected chi connectivity index (χ3v) is 5.16. The molecule has 0 bridgehead atoms. The molecule has 7 nitrogen and oxygen atoms in total. The highest BCUT2D eigenvalue weighted by molar-refractivity contribution is 8.07. The Kier molecular flexibility index (Phi) is 6.24. The molecular weight excluding hydrogens is 335 g/mol. The van der Waals surface area contributed by atoms with Gasteiger partial charge in [-0.05, 0) is 26.0 Å². The van der Waals surface area contributed by atoms with Crippen molar-refractivity contribution in [1.82, 2.24) is 19.7 Å². The van der Waals surface area contributed by atoms with E-state index in [9.17, 15) is 0 Å². The van der Waals surface area contributed by atoms with E-state index >= 15 is 0 Å². The molecule has 0 spiro atoms. The third-order valence-electron chi connectivity index (χ3n) is 2.76. The monoisotopic (exact) mass is 356 g/mol. The molecule has 0 atom stereocenters. The molecule has 9 heteroatoms. The summed E-state index contributed by atoms with van der Waals surface area (Å²) in [4.78, 5) is 8.73. The molecule has 126 valence electrons. The van der Waals surface area contributed by atoms with Gasteiger partial charge in [-0.2, -0.15) is 9.67 Å². The van der Waals surface area contributed by atoms with Crippen molar-refractivity contribution < 1.29 is 13.6 Å². The maximum atomic E-state index is 5.69. The molecule has 0 saturated heterocycles. The topological polar surface area (TPSA) is 71.3 Å². The quantitative estimate of drug-likeness (QED) is 0.671. The molecule has 23 heavy (non-hydrogen) atoms. The van der Waals surface area contributed by atoms with Gasteiger partial charge in [-0.15, -0.1) is 5.10 Å². The molecule has 2 aromatic rings. The van der Waals surface area contributed by atoms with E-state index < -0.39 is 6.72 Å². The van der Waals surface area contributed by atoms with Gasteiger partial charge in [0.05, 0.1) is 13.2 Å². The van der Waals surface area contributed by atoms with Crippen LogP contribution in [0.15, 0.2) is 24.4 Å². The largest absolute Gasteiger partial charge is 0.388 e. The number of aromatic nitrogens is 4. The van der Waals surface area contributed by atoms with Crippen LogP contribution in [0.2, 0.25) is 0 Å². The van der Waals surface area contributed by atoms with Gasteiger partial charge < -0.3 is 4.52 Å². The summed E-state index contributed by atoms with van der Waals surface area (Å²) in [6.07, 6.45) is 1.70. The fourth-order valence-electron chi connectivity index (χ4n) is 1.87. The first kappa shape index (κ1) is 18.0. The second-order valence-corrected chi connectivity index (χ2v) is 7.82. The van der Waals surface area contributed by atoms with Crippen molar-refractivity contribution in [3.05, 3.63) is 30.2 Å². The van der Waals surface area contributed by atoms with Crippen LogP contribution in [0.1, 0.15) is 39.4 Å². The minimum absolute atomic E-state index is 0.138. The minimum atomic E-state index is -2.89. The van der Waals surface area contributed by atoms with Crippen LogP contribution in [-0.2, 0) is 20.9 Å². The average molecular weight is 356 g/mol. The number of hydrogen-bond acceptors (Lipinski definition) is 7. The van der Waals surface area contributed by atoms with Crippen molar-refractivity contribution in [3.8, 4) is 11.8 Å². The van der Waals surface area contributed by atoms with E-state index in [4.69, 9.17) is 25.4 Å². The minimum Gasteiger partial charge on any atom is -0.388 e. The van der Waals surface area contributed by atoms with E-state index in [1.54, 1.807) is 10.9 Å². The summed E-state index contributed by atoms with van der Waals surface area (Å²) in [5.41, 5.74) is 0. The van der Waals surface area contributed by atoms with E-state index in [1.807, 2.05) is 45.9 Å².